The maximum absolute atomic E-state index is 4.33. The lowest BCUT2D eigenvalue weighted by molar-refractivity contribution is 0.295. The molecule has 1 aromatic heterocycles. The second-order valence-corrected chi connectivity index (χ2v) is 6.39. The number of rotatable bonds is 5. The highest BCUT2D eigenvalue weighted by atomic mass is 79.9. The number of halogens is 1. The Labute approximate surface area is 104 Å². The van der Waals surface area contributed by atoms with E-state index in [1.807, 2.05) is 6.20 Å². The van der Waals surface area contributed by atoms with Gasteiger partial charge in [-0.05, 0) is 43.9 Å². The molecule has 1 rings (SSSR count). The molecule has 0 fully saturated rings. The molecule has 0 saturated heterocycles. The van der Waals surface area contributed by atoms with E-state index in [1.54, 1.807) is 11.3 Å². The minimum absolute atomic E-state index is 0.323. The zero-order valence-electron chi connectivity index (χ0n) is 9.62. The Morgan fingerprint density at radius 2 is 2.20 bits per heavy atom. The summed E-state index contributed by atoms with van der Waals surface area (Å²) in [6.07, 6.45) is 1.85. The van der Waals surface area contributed by atoms with E-state index in [0.29, 0.717) is 12.1 Å². The Kier molecular flexibility index (Phi) is 5.18. The summed E-state index contributed by atoms with van der Waals surface area (Å²) >= 11 is 5.11. The van der Waals surface area contributed by atoms with Crippen LogP contribution in [0.1, 0.15) is 24.9 Å². The summed E-state index contributed by atoms with van der Waals surface area (Å²) in [5.74, 6) is 0. The van der Waals surface area contributed by atoms with Crippen LogP contribution in [-0.4, -0.2) is 36.6 Å². The van der Waals surface area contributed by atoms with Gasteiger partial charge in [-0.15, -0.1) is 11.3 Å². The van der Waals surface area contributed by atoms with Crippen LogP contribution in [0.15, 0.2) is 9.98 Å². The van der Waals surface area contributed by atoms with E-state index in [0.717, 1.165) is 15.3 Å². The van der Waals surface area contributed by atoms with Gasteiger partial charge in [0.25, 0.3) is 0 Å². The van der Waals surface area contributed by atoms with Crippen molar-refractivity contribution >= 4 is 27.3 Å². The number of thiazole rings is 1. The SMILES string of the molecule is CC(NCC(C)N(C)C)c1ncc(Br)s1. The molecular formula is C10H18BrN3S. The molecule has 0 aliphatic carbocycles. The second kappa shape index (κ2) is 5.94. The topological polar surface area (TPSA) is 28.2 Å². The molecule has 0 aliphatic heterocycles. The fourth-order valence-electron chi connectivity index (χ4n) is 1.08. The minimum Gasteiger partial charge on any atom is -0.307 e. The molecule has 0 aromatic carbocycles. The zero-order valence-corrected chi connectivity index (χ0v) is 12.0. The fraction of sp³-hybridized carbons (Fsp3) is 0.700. The monoisotopic (exact) mass is 291 g/mol. The van der Waals surface area contributed by atoms with Crippen LogP contribution in [0.5, 0.6) is 0 Å². The van der Waals surface area contributed by atoms with E-state index in [-0.39, 0.29) is 0 Å². The highest BCUT2D eigenvalue weighted by Crippen LogP contribution is 2.23. The molecule has 1 N–H and O–H groups in total. The normalized spacial score (nSPS) is 15.6. The smallest absolute Gasteiger partial charge is 0.110 e. The molecule has 1 aromatic rings. The molecule has 0 aliphatic rings. The van der Waals surface area contributed by atoms with Crippen molar-refractivity contribution in [2.45, 2.75) is 25.9 Å². The van der Waals surface area contributed by atoms with Crippen molar-refractivity contribution in [3.8, 4) is 0 Å². The summed E-state index contributed by atoms with van der Waals surface area (Å²) in [5, 5.41) is 4.61. The van der Waals surface area contributed by atoms with Crippen molar-refractivity contribution in [1.82, 2.24) is 15.2 Å². The Bertz CT molecular complexity index is 301. The van der Waals surface area contributed by atoms with Crippen LogP contribution in [-0.2, 0) is 0 Å². The van der Waals surface area contributed by atoms with Crippen molar-refractivity contribution in [2.24, 2.45) is 0 Å². The number of nitrogens with zero attached hydrogens (tertiary/aromatic N) is 2. The van der Waals surface area contributed by atoms with Crippen LogP contribution >= 0.6 is 27.3 Å². The molecule has 5 heteroatoms. The first kappa shape index (κ1) is 13.1. The molecule has 2 unspecified atom stereocenters. The predicted octanol–water partition coefficient (Wildman–Crippen LogP) is 2.51. The molecular weight excluding hydrogens is 274 g/mol. The van der Waals surface area contributed by atoms with E-state index in [1.165, 1.54) is 0 Å². The van der Waals surface area contributed by atoms with Gasteiger partial charge in [0.15, 0.2) is 0 Å². The van der Waals surface area contributed by atoms with E-state index in [9.17, 15) is 0 Å². The van der Waals surface area contributed by atoms with Gasteiger partial charge in [-0.1, -0.05) is 0 Å². The van der Waals surface area contributed by atoms with Crippen LogP contribution < -0.4 is 5.32 Å². The standard InChI is InChI=1S/C10H18BrN3S/c1-7(14(3)4)5-12-8(2)10-13-6-9(11)15-10/h6-8,12H,5H2,1-4H3. The third-order valence-corrected chi connectivity index (χ3v) is 4.13. The van der Waals surface area contributed by atoms with E-state index in [2.05, 4.69) is 59.1 Å². The van der Waals surface area contributed by atoms with Gasteiger partial charge in [0.1, 0.15) is 5.01 Å². The van der Waals surface area contributed by atoms with Gasteiger partial charge < -0.3 is 10.2 Å². The van der Waals surface area contributed by atoms with Crippen LogP contribution in [0, 0.1) is 0 Å². The number of likely N-dealkylation sites (N-methyl/N-ethyl adjacent to an activating group) is 1. The first-order valence-corrected chi connectivity index (χ1v) is 6.62. The van der Waals surface area contributed by atoms with Crippen molar-refractivity contribution in [2.75, 3.05) is 20.6 Å². The maximum atomic E-state index is 4.33. The fourth-order valence-corrected chi connectivity index (χ4v) is 2.36. The molecule has 2 atom stereocenters. The minimum atomic E-state index is 0.323. The number of hydrogen-bond donors (Lipinski definition) is 1. The lowest BCUT2D eigenvalue weighted by Crippen LogP contribution is -2.36. The zero-order chi connectivity index (χ0) is 11.4. The van der Waals surface area contributed by atoms with Gasteiger partial charge in [-0.25, -0.2) is 4.98 Å². The molecule has 0 spiro atoms. The third kappa shape index (κ3) is 4.18. The molecule has 15 heavy (non-hydrogen) atoms. The van der Waals surface area contributed by atoms with Gasteiger partial charge >= 0.3 is 0 Å². The van der Waals surface area contributed by atoms with Gasteiger partial charge in [0.05, 0.1) is 16.0 Å². The Morgan fingerprint density at radius 1 is 1.53 bits per heavy atom. The van der Waals surface area contributed by atoms with Gasteiger partial charge in [-0.3, -0.25) is 0 Å². The summed E-state index contributed by atoms with van der Waals surface area (Å²) in [6, 6.07) is 0.861. The average molecular weight is 292 g/mol. The van der Waals surface area contributed by atoms with Crippen molar-refractivity contribution < 1.29 is 0 Å². The molecule has 86 valence electrons. The van der Waals surface area contributed by atoms with Gasteiger partial charge in [-0.2, -0.15) is 0 Å². The first-order chi connectivity index (χ1) is 7.00. The largest absolute Gasteiger partial charge is 0.307 e. The quantitative estimate of drug-likeness (QED) is 0.904. The Hall–Kier alpha value is 0.0300. The Balaban J connectivity index is 2.39. The predicted molar refractivity (Wildman–Crippen MR) is 69.4 cm³/mol. The first-order valence-electron chi connectivity index (χ1n) is 5.01. The van der Waals surface area contributed by atoms with Crippen LogP contribution in [0.3, 0.4) is 0 Å². The highest BCUT2D eigenvalue weighted by Gasteiger charge is 2.11. The number of nitrogens with one attached hydrogen (secondary N) is 1. The molecule has 0 bridgehead atoms. The number of aromatic nitrogens is 1. The van der Waals surface area contributed by atoms with E-state index >= 15 is 0 Å². The molecule has 1 heterocycles. The lowest BCUT2D eigenvalue weighted by Gasteiger charge is -2.22. The summed E-state index contributed by atoms with van der Waals surface area (Å²) in [7, 11) is 4.19. The molecule has 3 nitrogen and oxygen atoms in total. The van der Waals surface area contributed by atoms with Gasteiger partial charge in [0.2, 0.25) is 0 Å². The average Bonchev–Trinajstić information content (AvgIpc) is 2.60. The van der Waals surface area contributed by atoms with Gasteiger partial charge in [0, 0.05) is 12.6 Å². The highest BCUT2D eigenvalue weighted by molar-refractivity contribution is 9.11. The van der Waals surface area contributed by atoms with Crippen LogP contribution in [0.2, 0.25) is 0 Å². The lowest BCUT2D eigenvalue weighted by atomic mass is 10.3. The van der Waals surface area contributed by atoms with Crippen LogP contribution in [0.4, 0.5) is 0 Å². The Morgan fingerprint density at radius 3 is 2.67 bits per heavy atom. The molecule has 0 saturated carbocycles. The van der Waals surface area contributed by atoms with Crippen molar-refractivity contribution in [3.05, 3.63) is 15.0 Å². The summed E-state index contributed by atoms with van der Waals surface area (Å²) in [6.45, 7) is 5.33. The summed E-state index contributed by atoms with van der Waals surface area (Å²) < 4.78 is 1.09. The second-order valence-electron chi connectivity index (χ2n) is 3.95. The van der Waals surface area contributed by atoms with E-state index < -0.39 is 0 Å². The number of hydrogen-bond acceptors (Lipinski definition) is 4. The third-order valence-electron chi connectivity index (χ3n) is 2.47. The van der Waals surface area contributed by atoms with Crippen molar-refractivity contribution in [3.63, 3.8) is 0 Å². The van der Waals surface area contributed by atoms with E-state index in [4.69, 9.17) is 0 Å². The van der Waals surface area contributed by atoms with Crippen molar-refractivity contribution in [1.29, 1.82) is 0 Å². The van der Waals surface area contributed by atoms with Crippen LogP contribution in [0.25, 0.3) is 0 Å². The molecule has 0 amide bonds. The summed E-state index contributed by atoms with van der Waals surface area (Å²) in [5.41, 5.74) is 0. The molecule has 0 radical (unpaired) electrons. The maximum Gasteiger partial charge on any atom is 0.110 e. The summed E-state index contributed by atoms with van der Waals surface area (Å²) in [4.78, 5) is 6.54.